The van der Waals surface area contributed by atoms with Gasteiger partial charge in [-0.2, -0.15) is 0 Å². The lowest BCUT2D eigenvalue weighted by Crippen LogP contribution is -2.56. The molecule has 0 bridgehead atoms. The van der Waals surface area contributed by atoms with Gasteiger partial charge in [-0.3, -0.25) is 19.4 Å². The second-order valence-electron chi connectivity index (χ2n) is 7.82. The molecule has 0 N–H and O–H groups in total. The summed E-state index contributed by atoms with van der Waals surface area (Å²) in [6.45, 7) is 11.7. The van der Waals surface area contributed by atoms with Crippen molar-refractivity contribution >= 4 is 11.8 Å². The van der Waals surface area contributed by atoms with Gasteiger partial charge in [-0.1, -0.05) is 30.3 Å². The van der Waals surface area contributed by atoms with Gasteiger partial charge in [0.15, 0.2) is 0 Å². The number of carbonyl (C=O) groups excluding carboxylic acids is 2. The first-order chi connectivity index (χ1) is 14.1. The Bertz CT molecular complexity index is 655. The molecule has 7 nitrogen and oxygen atoms in total. The van der Waals surface area contributed by atoms with Gasteiger partial charge in [0.25, 0.3) is 0 Å². The zero-order valence-electron chi connectivity index (χ0n) is 17.8. The van der Waals surface area contributed by atoms with Crippen LogP contribution in [0.1, 0.15) is 19.4 Å². The lowest BCUT2D eigenvalue weighted by atomic mass is 10.1. The summed E-state index contributed by atoms with van der Waals surface area (Å²) in [4.78, 5) is 33.8. The van der Waals surface area contributed by atoms with E-state index in [0.717, 1.165) is 31.7 Å². The Kier molecular flexibility index (Phi) is 8.03. The first-order valence-electron chi connectivity index (χ1n) is 10.7. The van der Waals surface area contributed by atoms with Crippen LogP contribution < -0.4 is 0 Å². The van der Waals surface area contributed by atoms with Gasteiger partial charge in [0.1, 0.15) is 0 Å². The molecule has 0 aliphatic carbocycles. The number of hydrogen-bond donors (Lipinski definition) is 0. The molecule has 3 rings (SSSR count). The van der Waals surface area contributed by atoms with Crippen LogP contribution in [0.2, 0.25) is 0 Å². The van der Waals surface area contributed by atoms with Crippen LogP contribution in [0.25, 0.3) is 0 Å². The van der Waals surface area contributed by atoms with E-state index in [1.807, 2.05) is 41.8 Å². The number of hydrogen-bond acceptors (Lipinski definition) is 5. The summed E-state index contributed by atoms with van der Waals surface area (Å²) in [6.07, 6.45) is 0. The highest BCUT2D eigenvalue weighted by Crippen LogP contribution is 2.12. The number of carbonyl (C=O) groups is 2. The molecule has 1 aromatic carbocycles. The van der Waals surface area contributed by atoms with Crippen molar-refractivity contribution in [2.75, 3.05) is 65.6 Å². The van der Waals surface area contributed by atoms with Crippen LogP contribution in [0.4, 0.5) is 0 Å². The van der Waals surface area contributed by atoms with Gasteiger partial charge < -0.3 is 14.5 Å². The summed E-state index contributed by atoms with van der Waals surface area (Å²) in [6, 6.07) is 9.94. The quantitative estimate of drug-likeness (QED) is 0.678. The lowest BCUT2D eigenvalue weighted by Gasteiger charge is -2.39. The van der Waals surface area contributed by atoms with Crippen LogP contribution in [0.15, 0.2) is 30.3 Å². The van der Waals surface area contributed by atoms with Crippen molar-refractivity contribution in [2.45, 2.75) is 26.4 Å². The second-order valence-corrected chi connectivity index (χ2v) is 7.82. The number of rotatable bonds is 7. The zero-order valence-corrected chi connectivity index (χ0v) is 17.8. The second kappa shape index (κ2) is 10.7. The molecule has 1 aromatic rings. The maximum atomic E-state index is 13.0. The number of ether oxygens (including phenoxy) is 1. The highest BCUT2D eigenvalue weighted by molar-refractivity contribution is 5.81. The number of amides is 2. The Labute approximate surface area is 174 Å². The fourth-order valence-corrected chi connectivity index (χ4v) is 3.98. The lowest BCUT2D eigenvalue weighted by molar-refractivity contribution is -0.139. The number of nitrogens with zero attached hydrogens (tertiary/aromatic N) is 4. The molecule has 7 heteroatoms. The molecular weight excluding hydrogens is 368 g/mol. The van der Waals surface area contributed by atoms with Crippen molar-refractivity contribution in [3.05, 3.63) is 35.9 Å². The van der Waals surface area contributed by atoms with Gasteiger partial charge in [-0.05, 0) is 19.4 Å². The predicted molar refractivity (Wildman–Crippen MR) is 112 cm³/mol. The summed E-state index contributed by atoms with van der Waals surface area (Å²) < 4.78 is 5.35. The van der Waals surface area contributed by atoms with E-state index < -0.39 is 0 Å². The van der Waals surface area contributed by atoms with Crippen LogP contribution in [-0.4, -0.2) is 103 Å². The molecule has 1 atom stereocenters. The third-order valence-electron chi connectivity index (χ3n) is 5.94. The highest BCUT2D eigenvalue weighted by atomic mass is 16.5. The Morgan fingerprint density at radius 3 is 2.31 bits per heavy atom. The summed E-state index contributed by atoms with van der Waals surface area (Å²) in [7, 11) is 0. The minimum atomic E-state index is -0.171. The van der Waals surface area contributed by atoms with Gasteiger partial charge in [-0.15, -0.1) is 0 Å². The Hall–Kier alpha value is -1.96. The third kappa shape index (κ3) is 6.01. The summed E-state index contributed by atoms with van der Waals surface area (Å²) in [5, 5.41) is 0. The number of benzene rings is 1. The molecule has 0 radical (unpaired) electrons. The van der Waals surface area contributed by atoms with E-state index in [1.54, 1.807) is 0 Å². The molecule has 1 unspecified atom stereocenters. The molecule has 2 aliphatic rings. The standard InChI is InChI=1S/C22H34N4O3/c1-3-24(17-20-7-5-4-6-8-20)22(28)19(2)25-9-11-26(12-10-25)21(27)18-23-13-15-29-16-14-23/h4-8,19H,3,9-18H2,1-2H3. The molecule has 0 saturated carbocycles. The van der Waals surface area contributed by atoms with Crippen molar-refractivity contribution in [1.82, 2.24) is 19.6 Å². The first kappa shape index (κ1) is 21.7. The molecule has 29 heavy (non-hydrogen) atoms. The monoisotopic (exact) mass is 402 g/mol. The van der Waals surface area contributed by atoms with Crippen LogP contribution in [-0.2, 0) is 20.9 Å². The summed E-state index contributed by atoms with van der Waals surface area (Å²) in [5.74, 6) is 0.342. The fraction of sp³-hybridized carbons (Fsp3) is 0.636. The molecule has 0 spiro atoms. The van der Waals surface area contributed by atoms with Crippen LogP contribution in [0.3, 0.4) is 0 Å². The average Bonchev–Trinajstić information content (AvgIpc) is 2.78. The van der Waals surface area contributed by atoms with E-state index in [0.29, 0.717) is 45.9 Å². The molecule has 2 amide bonds. The van der Waals surface area contributed by atoms with Gasteiger partial charge in [0, 0.05) is 52.4 Å². The van der Waals surface area contributed by atoms with Gasteiger partial charge in [-0.25, -0.2) is 0 Å². The predicted octanol–water partition coefficient (Wildman–Crippen LogP) is 0.900. The highest BCUT2D eigenvalue weighted by Gasteiger charge is 2.30. The van der Waals surface area contributed by atoms with Gasteiger partial charge >= 0.3 is 0 Å². The van der Waals surface area contributed by atoms with Crippen molar-refractivity contribution in [1.29, 1.82) is 0 Å². The average molecular weight is 403 g/mol. The van der Waals surface area contributed by atoms with E-state index in [9.17, 15) is 9.59 Å². The van der Waals surface area contributed by atoms with Crippen LogP contribution in [0.5, 0.6) is 0 Å². The minimum Gasteiger partial charge on any atom is -0.379 e. The maximum Gasteiger partial charge on any atom is 0.239 e. The fourth-order valence-electron chi connectivity index (χ4n) is 3.98. The van der Waals surface area contributed by atoms with E-state index in [1.165, 1.54) is 0 Å². The number of morpholine rings is 1. The molecule has 2 heterocycles. The number of likely N-dealkylation sites (N-methyl/N-ethyl adjacent to an activating group) is 1. The number of piperazine rings is 1. The third-order valence-corrected chi connectivity index (χ3v) is 5.94. The van der Waals surface area contributed by atoms with E-state index in [4.69, 9.17) is 4.74 Å². The normalized spacial score (nSPS) is 19.7. The molecule has 2 saturated heterocycles. The topological polar surface area (TPSA) is 56.3 Å². The first-order valence-corrected chi connectivity index (χ1v) is 10.7. The molecule has 160 valence electrons. The smallest absolute Gasteiger partial charge is 0.239 e. The minimum absolute atomic E-state index is 0.157. The SMILES string of the molecule is CCN(Cc1ccccc1)C(=O)C(C)N1CCN(C(=O)CN2CCOCC2)CC1. The zero-order chi connectivity index (χ0) is 20.6. The van der Waals surface area contributed by atoms with Crippen molar-refractivity contribution < 1.29 is 14.3 Å². The van der Waals surface area contributed by atoms with Gasteiger partial charge in [0.05, 0.1) is 25.8 Å². The van der Waals surface area contributed by atoms with Crippen LogP contribution >= 0.6 is 0 Å². The molecule has 0 aromatic heterocycles. The van der Waals surface area contributed by atoms with E-state index >= 15 is 0 Å². The molecule has 2 aliphatic heterocycles. The van der Waals surface area contributed by atoms with Crippen LogP contribution in [0, 0.1) is 0 Å². The Morgan fingerprint density at radius 2 is 1.69 bits per heavy atom. The van der Waals surface area contributed by atoms with Crippen molar-refractivity contribution in [3.8, 4) is 0 Å². The largest absolute Gasteiger partial charge is 0.379 e. The molecular formula is C22H34N4O3. The van der Waals surface area contributed by atoms with Crippen molar-refractivity contribution in [3.63, 3.8) is 0 Å². The van der Waals surface area contributed by atoms with Gasteiger partial charge in [0.2, 0.25) is 11.8 Å². The Balaban J connectivity index is 1.47. The summed E-state index contributed by atoms with van der Waals surface area (Å²) in [5.41, 5.74) is 1.15. The van der Waals surface area contributed by atoms with E-state index in [-0.39, 0.29) is 17.9 Å². The maximum absolute atomic E-state index is 13.0. The Morgan fingerprint density at radius 1 is 1.03 bits per heavy atom. The van der Waals surface area contributed by atoms with E-state index in [2.05, 4.69) is 21.9 Å². The molecule has 2 fully saturated rings. The van der Waals surface area contributed by atoms with Crippen molar-refractivity contribution in [2.24, 2.45) is 0 Å². The summed E-state index contributed by atoms with van der Waals surface area (Å²) >= 11 is 0.